The first kappa shape index (κ1) is 16.7. The highest BCUT2D eigenvalue weighted by atomic mass is 35.5. The molecule has 1 unspecified atom stereocenters. The summed E-state index contributed by atoms with van der Waals surface area (Å²) in [6.45, 7) is 5.27. The van der Waals surface area contributed by atoms with Gasteiger partial charge >= 0.3 is 0 Å². The molecule has 0 heterocycles. The number of benzene rings is 1. The van der Waals surface area contributed by atoms with Gasteiger partial charge in [-0.05, 0) is 38.0 Å². The van der Waals surface area contributed by atoms with Crippen molar-refractivity contribution >= 4 is 33.2 Å². The van der Waals surface area contributed by atoms with Gasteiger partial charge in [0.1, 0.15) is 4.90 Å². The molecule has 4 nitrogen and oxygen atoms in total. The van der Waals surface area contributed by atoms with Crippen molar-refractivity contribution in [1.29, 1.82) is 0 Å². The SMILES string of the molecule is COC(C)CNS(=O)(=O)c1c(C)c(Cl)cc(C)c1Cl. The standard InChI is InChI=1S/C12H17Cl2NO3S/c1-7-5-10(13)9(3)12(11(7)14)19(16,17)15-6-8(2)18-4/h5,8,15H,6H2,1-4H3. The van der Waals surface area contributed by atoms with Gasteiger partial charge in [0.15, 0.2) is 0 Å². The van der Waals surface area contributed by atoms with E-state index in [1.54, 1.807) is 26.8 Å². The van der Waals surface area contributed by atoms with Crippen LogP contribution in [0.1, 0.15) is 18.1 Å². The predicted molar refractivity (Wildman–Crippen MR) is 77.6 cm³/mol. The lowest BCUT2D eigenvalue weighted by molar-refractivity contribution is 0.122. The molecule has 19 heavy (non-hydrogen) atoms. The third kappa shape index (κ3) is 3.83. The fourth-order valence-corrected chi connectivity index (χ4v) is 3.84. The van der Waals surface area contributed by atoms with Crippen LogP contribution in [-0.2, 0) is 14.8 Å². The molecule has 0 amide bonds. The van der Waals surface area contributed by atoms with Gasteiger partial charge in [0.25, 0.3) is 0 Å². The number of hydrogen-bond acceptors (Lipinski definition) is 3. The average Bonchev–Trinajstić information content (AvgIpc) is 2.33. The van der Waals surface area contributed by atoms with Gasteiger partial charge in [0, 0.05) is 18.7 Å². The molecule has 0 bridgehead atoms. The van der Waals surface area contributed by atoms with Gasteiger partial charge in [-0.3, -0.25) is 0 Å². The summed E-state index contributed by atoms with van der Waals surface area (Å²) in [5, 5.41) is 0.571. The maximum atomic E-state index is 12.3. The van der Waals surface area contributed by atoms with Gasteiger partial charge in [-0.1, -0.05) is 23.2 Å². The Bertz CT molecular complexity index is 547. The summed E-state index contributed by atoms with van der Waals surface area (Å²) < 4.78 is 32.0. The number of methoxy groups -OCH3 is 1. The number of nitrogens with one attached hydrogen (secondary N) is 1. The zero-order chi connectivity index (χ0) is 14.8. The van der Waals surface area contributed by atoms with Crippen LogP contribution >= 0.6 is 23.2 Å². The fourth-order valence-electron chi connectivity index (χ4n) is 1.52. The molecule has 0 fully saturated rings. The third-order valence-corrected chi connectivity index (χ3v) is 5.41. The summed E-state index contributed by atoms with van der Waals surface area (Å²) in [5.41, 5.74) is 1.06. The lowest BCUT2D eigenvalue weighted by Gasteiger charge is -2.15. The second-order valence-corrected chi connectivity index (χ2v) is 6.83. The van der Waals surface area contributed by atoms with Gasteiger partial charge in [-0.2, -0.15) is 0 Å². The van der Waals surface area contributed by atoms with Crippen LogP contribution in [0.2, 0.25) is 10.0 Å². The Morgan fingerprint density at radius 3 is 2.47 bits per heavy atom. The lowest BCUT2D eigenvalue weighted by atomic mass is 10.2. The monoisotopic (exact) mass is 325 g/mol. The van der Waals surface area contributed by atoms with E-state index in [2.05, 4.69) is 4.72 Å². The normalized spacial score (nSPS) is 13.6. The molecule has 1 N–H and O–H groups in total. The van der Waals surface area contributed by atoms with Crippen molar-refractivity contribution in [2.75, 3.05) is 13.7 Å². The van der Waals surface area contributed by atoms with Crippen molar-refractivity contribution in [1.82, 2.24) is 4.72 Å². The fraction of sp³-hybridized carbons (Fsp3) is 0.500. The van der Waals surface area contributed by atoms with E-state index in [0.29, 0.717) is 16.1 Å². The quantitative estimate of drug-likeness (QED) is 0.905. The Morgan fingerprint density at radius 2 is 1.95 bits per heavy atom. The molecule has 0 saturated heterocycles. The topological polar surface area (TPSA) is 55.4 Å². The maximum absolute atomic E-state index is 12.3. The predicted octanol–water partition coefficient (Wildman–Crippen LogP) is 2.92. The van der Waals surface area contributed by atoms with Gasteiger partial charge in [0.2, 0.25) is 10.0 Å². The first-order chi connectivity index (χ1) is 8.70. The summed E-state index contributed by atoms with van der Waals surface area (Å²) in [7, 11) is -2.20. The number of rotatable bonds is 5. The average molecular weight is 326 g/mol. The Balaban J connectivity index is 3.22. The molecule has 0 radical (unpaired) electrons. The van der Waals surface area contributed by atoms with Crippen LogP contribution in [0.4, 0.5) is 0 Å². The maximum Gasteiger partial charge on any atom is 0.242 e. The van der Waals surface area contributed by atoms with E-state index in [1.165, 1.54) is 7.11 Å². The number of aryl methyl sites for hydroxylation is 1. The Morgan fingerprint density at radius 1 is 1.37 bits per heavy atom. The van der Waals surface area contributed by atoms with Crippen LogP contribution in [0, 0.1) is 13.8 Å². The minimum atomic E-state index is -3.72. The summed E-state index contributed by atoms with van der Waals surface area (Å²) >= 11 is 12.1. The number of halogens is 2. The molecule has 0 aliphatic rings. The summed E-state index contributed by atoms with van der Waals surface area (Å²) in [5.74, 6) is 0. The molecule has 0 saturated carbocycles. The van der Waals surface area contributed by atoms with Crippen LogP contribution in [0.15, 0.2) is 11.0 Å². The van der Waals surface area contributed by atoms with Crippen LogP contribution in [-0.4, -0.2) is 28.2 Å². The van der Waals surface area contributed by atoms with Gasteiger partial charge in [-0.25, -0.2) is 13.1 Å². The molecule has 1 atom stereocenters. The lowest BCUT2D eigenvalue weighted by Crippen LogP contribution is -2.32. The first-order valence-electron chi connectivity index (χ1n) is 5.68. The Hall–Kier alpha value is -0.330. The highest BCUT2D eigenvalue weighted by Crippen LogP contribution is 2.33. The van der Waals surface area contributed by atoms with Gasteiger partial charge in [0.05, 0.1) is 11.1 Å². The zero-order valence-electron chi connectivity index (χ0n) is 11.3. The van der Waals surface area contributed by atoms with E-state index < -0.39 is 10.0 Å². The summed E-state index contributed by atoms with van der Waals surface area (Å²) in [6, 6.07) is 1.65. The Labute approximate surface area is 124 Å². The van der Waals surface area contributed by atoms with Crippen molar-refractivity contribution in [2.24, 2.45) is 0 Å². The molecule has 1 rings (SSSR count). The van der Waals surface area contributed by atoms with E-state index in [-0.39, 0.29) is 22.6 Å². The molecule has 108 valence electrons. The third-order valence-electron chi connectivity index (χ3n) is 2.82. The van der Waals surface area contributed by atoms with E-state index in [9.17, 15) is 8.42 Å². The van der Waals surface area contributed by atoms with E-state index in [4.69, 9.17) is 27.9 Å². The number of ether oxygens (including phenoxy) is 1. The van der Waals surface area contributed by atoms with Crippen molar-refractivity contribution < 1.29 is 13.2 Å². The second-order valence-electron chi connectivity index (χ2n) is 4.34. The largest absolute Gasteiger partial charge is 0.380 e. The minimum Gasteiger partial charge on any atom is -0.380 e. The number of sulfonamides is 1. The molecule has 0 aliphatic carbocycles. The molecular weight excluding hydrogens is 309 g/mol. The molecule has 0 aromatic heterocycles. The van der Waals surface area contributed by atoms with Crippen LogP contribution in [0.5, 0.6) is 0 Å². The molecule has 1 aromatic carbocycles. The van der Waals surface area contributed by atoms with E-state index in [1.807, 2.05) is 0 Å². The molecule has 0 spiro atoms. The van der Waals surface area contributed by atoms with Crippen molar-refractivity contribution in [2.45, 2.75) is 31.8 Å². The van der Waals surface area contributed by atoms with Gasteiger partial charge in [-0.15, -0.1) is 0 Å². The van der Waals surface area contributed by atoms with Crippen LogP contribution in [0.3, 0.4) is 0 Å². The molecule has 1 aromatic rings. The minimum absolute atomic E-state index is 0.0301. The number of hydrogen-bond donors (Lipinski definition) is 1. The zero-order valence-corrected chi connectivity index (χ0v) is 13.6. The van der Waals surface area contributed by atoms with Crippen LogP contribution < -0.4 is 4.72 Å². The molecular formula is C12H17Cl2NO3S. The van der Waals surface area contributed by atoms with Crippen molar-refractivity contribution in [3.8, 4) is 0 Å². The second kappa shape index (κ2) is 6.41. The highest BCUT2D eigenvalue weighted by molar-refractivity contribution is 7.89. The van der Waals surface area contributed by atoms with Crippen LogP contribution in [0.25, 0.3) is 0 Å². The van der Waals surface area contributed by atoms with Crippen molar-refractivity contribution in [3.05, 3.63) is 27.2 Å². The smallest absolute Gasteiger partial charge is 0.242 e. The van der Waals surface area contributed by atoms with E-state index in [0.717, 1.165) is 0 Å². The molecule has 0 aliphatic heterocycles. The first-order valence-corrected chi connectivity index (χ1v) is 7.92. The Kier molecular flexibility index (Phi) is 5.65. The van der Waals surface area contributed by atoms with Crippen molar-refractivity contribution in [3.63, 3.8) is 0 Å². The summed E-state index contributed by atoms with van der Waals surface area (Å²) in [6.07, 6.45) is -0.228. The summed E-state index contributed by atoms with van der Waals surface area (Å²) in [4.78, 5) is 0.0301. The highest BCUT2D eigenvalue weighted by Gasteiger charge is 2.24. The van der Waals surface area contributed by atoms with Gasteiger partial charge < -0.3 is 4.74 Å². The van der Waals surface area contributed by atoms with E-state index >= 15 is 0 Å². The molecule has 7 heteroatoms.